The summed E-state index contributed by atoms with van der Waals surface area (Å²) < 4.78 is 5.08. The molecule has 1 aromatic rings. The van der Waals surface area contributed by atoms with Crippen molar-refractivity contribution < 1.29 is 9.53 Å². The fraction of sp³-hybridized carbons (Fsp3) is 0.714. The van der Waals surface area contributed by atoms with Crippen molar-refractivity contribution in [3.8, 4) is 0 Å². The molecule has 5 nitrogen and oxygen atoms in total. The third kappa shape index (κ3) is 2.87. The lowest BCUT2D eigenvalue weighted by atomic mass is 9.88. The highest BCUT2D eigenvalue weighted by Crippen LogP contribution is 2.32. The fourth-order valence-electron chi connectivity index (χ4n) is 3.27. The van der Waals surface area contributed by atoms with Crippen molar-refractivity contribution in [3.63, 3.8) is 0 Å². The Morgan fingerprint density at radius 3 is 3.15 bits per heavy atom. The molecule has 2 saturated heterocycles. The Kier molecular flexibility index (Phi) is 4.33. The Balaban J connectivity index is 1.58. The quantitative estimate of drug-likeness (QED) is 0.815. The SMILES string of the molecule is COCCN1CC[C@@H]2CN(Cc3nccs3)C[C@H]2C1=O. The molecular formula is C14H21N3O2S. The zero-order chi connectivity index (χ0) is 13.9. The first kappa shape index (κ1) is 14.0. The summed E-state index contributed by atoms with van der Waals surface area (Å²) in [6.07, 6.45) is 2.97. The summed E-state index contributed by atoms with van der Waals surface area (Å²) in [6, 6.07) is 0. The molecule has 0 aliphatic carbocycles. The van der Waals surface area contributed by atoms with E-state index in [1.54, 1.807) is 18.4 Å². The van der Waals surface area contributed by atoms with Gasteiger partial charge in [-0.15, -0.1) is 11.3 Å². The lowest BCUT2D eigenvalue weighted by Gasteiger charge is -2.33. The third-order valence-electron chi connectivity index (χ3n) is 4.32. The largest absolute Gasteiger partial charge is 0.383 e. The maximum absolute atomic E-state index is 12.5. The van der Waals surface area contributed by atoms with Gasteiger partial charge >= 0.3 is 0 Å². The molecule has 3 heterocycles. The number of amides is 1. The molecule has 0 radical (unpaired) electrons. The van der Waals surface area contributed by atoms with Crippen molar-refractivity contribution in [2.24, 2.45) is 11.8 Å². The molecule has 0 unspecified atom stereocenters. The average Bonchev–Trinajstić information content (AvgIpc) is 3.08. The lowest BCUT2D eigenvalue weighted by molar-refractivity contribution is -0.140. The topological polar surface area (TPSA) is 45.7 Å². The van der Waals surface area contributed by atoms with Crippen LogP contribution in [0.4, 0.5) is 0 Å². The third-order valence-corrected chi connectivity index (χ3v) is 5.09. The molecular weight excluding hydrogens is 274 g/mol. The summed E-state index contributed by atoms with van der Waals surface area (Å²) in [5, 5.41) is 3.16. The van der Waals surface area contributed by atoms with E-state index < -0.39 is 0 Å². The van der Waals surface area contributed by atoms with Gasteiger partial charge in [-0.1, -0.05) is 0 Å². The molecule has 110 valence electrons. The van der Waals surface area contributed by atoms with Crippen LogP contribution < -0.4 is 0 Å². The smallest absolute Gasteiger partial charge is 0.227 e. The van der Waals surface area contributed by atoms with Gasteiger partial charge in [0.05, 0.1) is 19.1 Å². The number of piperidine rings is 1. The molecule has 0 N–H and O–H groups in total. The highest BCUT2D eigenvalue weighted by atomic mass is 32.1. The highest BCUT2D eigenvalue weighted by Gasteiger charge is 2.42. The molecule has 2 aliphatic rings. The first-order chi connectivity index (χ1) is 9.78. The summed E-state index contributed by atoms with van der Waals surface area (Å²) in [4.78, 5) is 21.2. The number of likely N-dealkylation sites (tertiary alicyclic amines) is 2. The fourth-order valence-corrected chi connectivity index (χ4v) is 3.93. The zero-order valence-electron chi connectivity index (χ0n) is 11.8. The summed E-state index contributed by atoms with van der Waals surface area (Å²) in [6.45, 7) is 5.04. The Morgan fingerprint density at radius 1 is 1.50 bits per heavy atom. The molecule has 0 bridgehead atoms. The molecule has 20 heavy (non-hydrogen) atoms. The second-order valence-corrected chi connectivity index (χ2v) is 6.57. The molecule has 1 amide bonds. The molecule has 0 aromatic carbocycles. The van der Waals surface area contributed by atoms with Gasteiger partial charge in [0.25, 0.3) is 0 Å². The van der Waals surface area contributed by atoms with Gasteiger partial charge in [-0.05, 0) is 12.3 Å². The van der Waals surface area contributed by atoms with Gasteiger partial charge in [0, 0.05) is 44.9 Å². The minimum absolute atomic E-state index is 0.181. The standard InChI is InChI=1S/C14H21N3O2S/c1-19-6-5-17-4-2-11-8-16(9-12(11)14(17)18)10-13-15-3-7-20-13/h3,7,11-12H,2,4-6,8-10H2,1H3/t11-,12-/m1/s1. The normalized spacial score (nSPS) is 27.1. The monoisotopic (exact) mass is 295 g/mol. The summed E-state index contributed by atoms with van der Waals surface area (Å²) in [5.41, 5.74) is 0. The van der Waals surface area contributed by atoms with Crippen LogP contribution in [-0.4, -0.2) is 60.6 Å². The average molecular weight is 295 g/mol. The van der Waals surface area contributed by atoms with Crippen molar-refractivity contribution in [1.29, 1.82) is 0 Å². The van der Waals surface area contributed by atoms with E-state index in [2.05, 4.69) is 9.88 Å². The molecule has 1 aromatic heterocycles. The van der Waals surface area contributed by atoms with Crippen molar-refractivity contribution in [2.75, 3.05) is 39.9 Å². The molecule has 6 heteroatoms. The minimum Gasteiger partial charge on any atom is -0.383 e. The Labute approximate surface area is 123 Å². The number of fused-ring (bicyclic) bond motifs is 1. The molecule has 3 rings (SSSR count). The predicted molar refractivity (Wildman–Crippen MR) is 77.4 cm³/mol. The van der Waals surface area contributed by atoms with Gasteiger partial charge < -0.3 is 9.64 Å². The number of carbonyl (C=O) groups is 1. The first-order valence-electron chi connectivity index (χ1n) is 7.16. The van der Waals surface area contributed by atoms with Crippen molar-refractivity contribution in [2.45, 2.75) is 13.0 Å². The molecule has 0 spiro atoms. The lowest BCUT2D eigenvalue weighted by Crippen LogP contribution is -2.46. The first-order valence-corrected chi connectivity index (χ1v) is 8.04. The van der Waals surface area contributed by atoms with Crippen LogP contribution in [0.5, 0.6) is 0 Å². The van der Waals surface area contributed by atoms with Crippen LogP contribution in [0.1, 0.15) is 11.4 Å². The number of nitrogens with zero attached hydrogens (tertiary/aromatic N) is 3. The summed E-state index contributed by atoms with van der Waals surface area (Å²) >= 11 is 1.69. The maximum Gasteiger partial charge on any atom is 0.227 e. The van der Waals surface area contributed by atoms with Crippen molar-refractivity contribution >= 4 is 17.2 Å². The molecule has 2 fully saturated rings. The number of aromatic nitrogens is 1. The number of hydrogen-bond donors (Lipinski definition) is 0. The van der Waals surface area contributed by atoms with Gasteiger partial charge in [0.15, 0.2) is 0 Å². The van der Waals surface area contributed by atoms with Crippen LogP contribution in [0.25, 0.3) is 0 Å². The number of thiazole rings is 1. The van der Waals surface area contributed by atoms with Gasteiger partial charge in [0.1, 0.15) is 5.01 Å². The van der Waals surface area contributed by atoms with E-state index >= 15 is 0 Å². The van der Waals surface area contributed by atoms with Crippen LogP contribution in [0.15, 0.2) is 11.6 Å². The predicted octanol–water partition coefficient (Wildman–Crippen LogP) is 1.07. The number of methoxy groups -OCH3 is 1. The maximum atomic E-state index is 12.5. The Hall–Kier alpha value is -0.980. The van der Waals surface area contributed by atoms with E-state index in [0.717, 1.165) is 44.2 Å². The van der Waals surface area contributed by atoms with Gasteiger partial charge in [-0.2, -0.15) is 0 Å². The van der Waals surface area contributed by atoms with Gasteiger partial charge in [-0.25, -0.2) is 4.98 Å². The van der Waals surface area contributed by atoms with Crippen LogP contribution in [0.3, 0.4) is 0 Å². The summed E-state index contributed by atoms with van der Waals surface area (Å²) in [7, 11) is 1.68. The van der Waals surface area contributed by atoms with Crippen molar-refractivity contribution in [1.82, 2.24) is 14.8 Å². The zero-order valence-corrected chi connectivity index (χ0v) is 12.6. The number of carbonyl (C=O) groups excluding carboxylic acids is 1. The van der Waals surface area contributed by atoms with Crippen LogP contribution in [-0.2, 0) is 16.1 Å². The van der Waals surface area contributed by atoms with E-state index in [1.807, 2.05) is 16.5 Å². The van der Waals surface area contributed by atoms with E-state index in [0.29, 0.717) is 18.4 Å². The van der Waals surface area contributed by atoms with Gasteiger partial charge in [-0.3, -0.25) is 9.69 Å². The van der Waals surface area contributed by atoms with E-state index in [1.165, 1.54) is 0 Å². The Bertz CT molecular complexity index is 451. The highest BCUT2D eigenvalue weighted by molar-refractivity contribution is 7.09. The molecule has 0 saturated carbocycles. The number of ether oxygens (including phenoxy) is 1. The second-order valence-electron chi connectivity index (χ2n) is 5.59. The van der Waals surface area contributed by atoms with Gasteiger partial charge in [0.2, 0.25) is 5.91 Å². The number of hydrogen-bond acceptors (Lipinski definition) is 5. The van der Waals surface area contributed by atoms with E-state index in [-0.39, 0.29) is 5.92 Å². The van der Waals surface area contributed by atoms with Crippen molar-refractivity contribution in [3.05, 3.63) is 16.6 Å². The summed E-state index contributed by atoms with van der Waals surface area (Å²) in [5.74, 6) is 1.03. The Morgan fingerprint density at radius 2 is 2.40 bits per heavy atom. The molecule has 2 aliphatic heterocycles. The van der Waals surface area contributed by atoms with E-state index in [4.69, 9.17) is 4.74 Å². The van der Waals surface area contributed by atoms with E-state index in [9.17, 15) is 4.79 Å². The number of rotatable bonds is 5. The minimum atomic E-state index is 0.181. The van der Waals surface area contributed by atoms with Crippen LogP contribution in [0.2, 0.25) is 0 Å². The molecule has 2 atom stereocenters. The van der Waals surface area contributed by atoms with Crippen LogP contribution in [0, 0.1) is 11.8 Å². The van der Waals surface area contributed by atoms with Crippen LogP contribution >= 0.6 is 11.3 Å². The second kappa shape index (κ2) is 6.20.